The quantitative estimate of drug-likeness (QED) is 0.842. The van der Waals surface area contributed by atoms with Gasteiger partial charge in [-0.05, 0) is 44.5 Å². The van der Waals surface area contributed by atoms with Gasteiger partial charge in [-0.3, -0.25) is 9.69 Å². The van der Waals surface area contributed by atoms with E-state index in [-0.39, 0.29) is 18.3 Å². The van der Waals surface area contributed by atoms with Crippen LogP contribution in [0.4, 0.5) is 0 Å². The van der Waals surface area contributed by atoms with Gasteiger partial charge in [0.05, 0.1) is 17.4 Å². The summed E-state index contributed by atoms with van der Waals surface area (Å²) >= 11 is 7.46. The second kappa shape index (κ2) is 9.73. The molecule has 2 N–H and O–H groups in total. The molecule has 2 rings (SSSR count). The van der Waals surface area contributed by atoms with Gasteiger partial charge in [-0.1, -0.05) is 18.0 Å². The predicted molar refractivity (Wildman–Crippen MR) is 95.9 cm³/mol. The lowest BCUT2D eigenvalue weighted by Crippen LogP contribution is -2.46. The van der Waals surface area contributed by atoms with E-state index in [2.05, 4.69) is 4.90 Å². The molecular weight excluding hydrogens is 341 g/mol. The largest absolute Gasteiger partial charge is 0.340 e. The van der Waals surface area contributed by atoms with Crippen molar-refractivity contribution in [2.24, 2.45) is 5.73 Å². The molecule has 7 heteroatoms. The van der Waals surface area contributed by atoms with E-state index in [0.29, 0.717) is 25.7 Å². The number of rotatable bonds is 6. The van der Waals surface area contributed by atoms with Crippen molar-refractivity contribution in [2.75, 3.05) is 26.7 Å². The molecule has 0 aliphatic carbocycles. The van der Waals surface area contributed by atoms with Gasteiger partial charge in [0.1, 0.15) is 0 Å². The third-order valence-electron chi connectivity index (χ3n) is 4.03. The SMILES string of the molecule is CN(Cc1ccc(Cl)s1)C(=O)CN1CCCCC1CCN.Cl. The van der Waals surface area contributed by atoms with Crippen LogP contribution < -0.4 is 5.73 Å². The third kappa shape index (κ3) is 5.70. The van der Waals surface area contributed by atoms with Gasteiger partial charge in [0, 0.05) is 18.0 Å². The topological polar surface area (TPSA) is 49.6 Å². The van der Waals surface area contributed by atoms with Crippen LogP contribution in [0, 0.1) is 0 Å². The Morgan fingerprint density at radius 1 is 1.50 bits per heavy atom. The Morgan fingerprint density at radius 3 is 2.91 bits per heavy atom. The lowest BCUT2D eigenvalue weighted by atomic mass is 9.99. The van der Waals surface area contributed by atoms with Crippen LogP contribution in [0.25, 0.3) is 0 Å². The highest BCUT2D eigenvalue weighted by Gasteiger charge is 2.24. The maximum absolute atomic E-state index is 12.4. The number of nitrogens with zero attached hydrogens (tertiary/aromatic N) is 2. The van der Waals surface area contributed by atoms with Crippen LogP contribution in [0.2, 0.25) is 4.34 Å². The second-order valence-electron chi connectivity index (χ2n) is 5.65. The van der Waals surface area contributed by atoms with Crippen LogP contribution in [0.3, 0.4) is 0 Å². The second-order valence-corrected chi connectivity index (χ2v) is 7.45. The highest BCUT2D eigenvalue weighted by molar-refractivity contribution is 7.16. The Balaban J connectivity index is 0.00000242. The maximum Gasteiger partial charge on any atom is 0.236 e. The Bertz CT molecular complexity index is 467. The smallest absolute Gasteiger partial charge is 0.236 e. The van der Waals surface area contributed by atoms with E-state index in [0.717, 1.165) is 28.6 Å². The molecule has 1 unspecified atom stereocenters. The van der Waals surface area contributed by atoms with Crippen LogP contribution >= 0.6 is 35.3 Å². The van der Waals surface area contributed by atoms with Crippen molar-refractivity contribution in [1.29, 1.82) is 0 Å². The monoisotopic (exact) mass is 365 g/mol. The maximum atomic E-state index is 12.4. The van der Waals surface area contributed by atoms with E-state index in [4.69, 9.17) is 17.3 Å². The molecule has 1 amide bonds. The Hall–Kier alpha value is -0.330. The zero-order valence-corrected chi connectivity index (χ0v) is 15.4. The van der Waals surface area contributed by atoms with Crippen molar-refractivity contribution in [1.82, 2.24) is 9.80 Å². The van der Waals surface area contributed by atoms with Gasteiger partial charge >= 0.3 is 0 Å². The first-order chi connectivity index (χ1) is 10.1. The summed E-state index contributed by atoms with van der Waals surface area (Å²) in [5.41, 5.74) is 5.68. The average molecular weight is 366 g/mol. The molecule has 4 nitrogen and oxygen atoms in total. The minimum Gasteiger partial charge on any atom is -0.340 e. The summed E-state index contributed by atoms with van der Waals surface area (Å²) in [6.45, 7) is 2.83. The third-order valence-corrected chi connectivity index (χ3v) is 5.25. The molecule has 0 bridgehead atoms. The molecule has 0 spiro atoms. The van der Waals surface area contributed by atoms with Gasteiger partial charge in [-0.25, -0.2) is 0 Å². The molecule has 2 heterocycles. The zero-order chi connectivity index (χ0) is 15.2. The van der Waals surface area contributed by atoms with Gasteiger partial charge in [-0.2, -0.15) is 0 Å². The van der Waals surface area contributed by atoms with Crippen molar-refractivity contribution in [2.45, 2.75) is 38.3 Å². The number of nitrogens with two attached hydrogens (primary N) is 1. The molecule has 1 fully saturated rings. The summed E-state index contributed by atoms with van der Waals surface area (Å²) in [7, 11) is 1.86. The van der Waals surface area contributed by atoms with Crippen LogP contribution in [-0.2, 0) is 11.3 Å². The van der Waals surface area contributed by atoms with Crippen molar-refractivity contribution in [3.05, 3.63) is 21.3 Å². The highest BCUT2D eigenvalue weighted by atomic mass is 35.5. The standard InChI is InChI=1S/C15H24ClN3OS.ClH/c1-18(10-13-5-6-14(16)21-13)15(20)11-19-9-3-2-4-12(19)7-8-17;/h5-6,12H,2-4,7-11,17H2,1H3;1H. The Kier molecular flexibility index (Phi) is 8.72. The normalized spacial score (nSPS) is 18.8. The van der Waals surface area contributed by atoms with Gasteiger partial charge in [-0.15, -0.1) is 23.7 Å². The number of carbonyl (C=O) groups is 1. The lowest BCUT2D eigenvalue weighted by Gasteiger charge is -2.36. The Labute approximate surface area is 148 Å². The number of thiophene rings is 1. The first-order valence-corrected chi connectivity index (χ1v) is 8.72. The number of hydrogen-bond donors (Lipinski definition) is 1. The minimum atomic E-state index is 0. The molecule has 1 aromatic rings. The molecular formula is C15H25Cl2N3OS. The van der Waals surface area contributed by atoms with Crippen molar-refractivity contribution in [3.63, 3.8) is 0 Å². The number of halogens is 2. The van der Waals surface area contributed by atoms with E-state index in [1.54, 1.807) is 4.90 Å². The number of hydrogen-bond acceptors (Lipinski definition) is 4. The minimum absolute atomic E-state index is 0. The molecule has 0 aromatic carbocycles. The first kappa shape index (κ1) is 19.7. The van der Waals surface area contributed by atoms with Crippen LogP contribution in [0.15, 0.2) is 12.1 Å². The predicted octanol–water partition coefficient (Wildman–Crippen LogP) is 2.99. The molecule has 0 saturated carbocycles. The van der Waals surface area contributed by atoms with Gasteiger partial charge in [0.2, 0.25) is 5.91 Å². The van der Waals surface area contributed by atoms with E-state index >= 15 is 0 Å². The summed E-state index contributed by atoms with van der Waals surface area (Å²) in [6, 6.07) is 4.33. The Morgan fingerprint density at radius 2 is 2.27 bits per heavy atom. The van der Waals surface area contributed by atoms with Gasteiger partial charge < -0.3 is 10.6 Å². The molecule has 126 valence electrons. The summed E-state index contributed by atoms with van der Waals surface area (Å²) < 4.78 is 0.768. The van der Waals surface area contributed by atoms with Crippen molar-refractivity contribution >= 4 is 41.3 Å². The molecule has 1 aromatic heterocycles. The fourth-order valence-corrected chi connectivity index (χ4v) is 3.98. The first-order valence-electron chi connectivity index (χ1n) is 7.52. The summed E-state index contributed by atoms with van der Waals surface area (Å²) in [4.78, 5) is 17.6. The molecule has 1 aliphatic heterocycles. The summed E-state index contributed by atoms with van der Waals surface area (Å²) in [5, 5.41) is 0. The summed E-state index contributed by atoms with van der Waals surface area (Å²) in [5.74, 6) is 0.170. The van der Waals surface area contributed by atoms with E-state index in [1.807, 2.05) is 19.2 Å². The zero-order valence-electron chi connectivity index (χ0n) is 13.0. The molecule has 1 aliphatic rings. The van der Waals surface area contributed by atoms with E-state index in [9.17, 15) is 4.79 Å². The molecule has 1 atom stereocenters. The average Bonchev–Trinajstić information content (AvgIpc) is 2.86. The number of carbonyl (C=O) groups excluding carboxylic acids is 1. The van der Waals surface area contributed by atoms with E-state index < -0.39 is 0 Å². The van der Waals surface area contributed by atoms with Crippen molar-refractivity contribution in [3.8, 4) is 0 Å². The molecule has 0 radical (unpaired) electrons. The van der Waals surface area contributed by atoms with Crippen LogP contribution in [0.5, 0.6) is 0 Å². The number of piperidine rings is 1. The lowest BCUT2D eigenvalue weighted by molar-refractivity contribution is -0.132. The number of likely N-dealkylation sites (N-methyl/N-ethyl adjacent to an activating group) is 1. The van der Waals surface area contributed by atoms with Crippen LogP contribution in [-0.4, -0.2) is 48.4 Å². The highest BCUT2D eigenvalue weighted by Crippen LogP contribution is 2.23. The van der Waals surface area contributed by atoms with Gasteiger partial charge in [0.25, 0.3) is 0 Å². The fourth-order valence-electron chi connectivity index (χ4n) is 2.84. The van der Waals surface area contributed by atoms with Crippen LogP contribution in [0.1, 0.15) is 30.6 Å². The number of amides is 1. The summed E-state index contributed by atoms with van der Waals surface area (Å²) in [6.07, 6.45) is 4.57. The fraction of sp³-hybridized carbons (Fsp3) is 0.667. The van der Waals surface area contributed by atoms with Gasteiger partial charge in [0.15, 0.2) is 0 Å². The van der Waals surface area contributed by atoms with Crippen molar-refractivity contribution < 1.29 is 4.79 Å². The van der Waals surface area contributed by atoms with E-state index in [1.165, 1.54) is 24.2 Å². The molecule has 22 heavy (non-hydrogen) atoms. The molecule has 1 saturated heterocycles. The number of likely N-dealkylation sites (tertiary alicyclic amines) is 1.